The van der Waals surface area contributed by atoms with Crippen LogP contribution in [0.1, 0.15) is 28.8 Å². The molecule has 1 aromatic carbocycles. The van der Waals surface area contributed by atoms with E-state index in [-0.39, 0.29) is 5.91 Å². The molecule has 0 spiro atoms. The number of rotatable bonds is 6. The fraction of sp³-hybridized carbons (Fsp3) is 0.250. The number of carbonyl (C=O) groups is 1. The van der Waals surface area contributed by atoms with Gasteiger partial charge in [-0.25, -0.2) is 4.98 Å². The van der Waals surface area contributed by atoms with Crippen LogP contribution in [0.15, 0.2) is 29.6 Å². The van der Waals surface area contributed by atoms with E-state index >= 15 is 0 Å². The molecule has 124 valence electrons. The van der Waals surface area contributed by atoms with Crippen molar-refractivity contribution in [1.29, 1.82) is 0 Å². The Kier molecular flexibility index (Phi) is 5.17. The van der Waals surface area contributed by atoms with E-state index in [1.807, 2.05) is 24.3 Å². The average Bonchev–Trinajstić information content (AvgIpc) is 3.25. The van der Waals surface area contributed by atoms with Gasteiger partial charge >= 0.3 is 0 Å². The largest absolute Gasteiger partial charge is 0.497 e. The van der Waals surface area contributed by atoms with Crippen molar-refractivity contribution in [3.8, 4) is 16.3 Å². The van der Waals surface area contributed by atoms with Crippen LogP contribution in [0.5, 0.6) is 5.75 Å². The first kappa shape index (κ1) is 16.5. The number of benzene rings is 1. The highest BCUT2D eigenvalue weighted by Crippen LogP contribution is 2.26. The molecule has 0 unspecified atom stereocenters. The van der Waals surface area contributed by atoms with Crippen molar-refractivity contribution in [2.24, 2.45) is 0 Å². The molecule has 8 heteroatoms. The summed E-state index contributed by atoms with van der Waals surface area (Å²) in [5, 5.41) is 14.7. The van der Waals surface area contributed by atoms with Gasteiger partial charge in [0, 0.05) is 17.4 Å². The highest BCUT2D eigenvalue weighted by atomic mass is 32.1. The summed E-state index contributed by atoms with van der Waals surface area (Å²) in [7, 11) is 1.63. The van der Waals surface area contributed by atoms with Gasteiger partial charge < -0.3 is 4.74 Å². The Morgan fingerprint density at radius 3 is 2.75 bits per heavy atom. The maximum Gasteiger partial charge on any atom is 0.276 e. The van der Waals surface area contributed by atoms with Crippen molar-refractivity contribution in [1.82, 2.24) is 15.2 Å². The van der Waals surface area contributed by atoms with E-state index in [0.29, 0.717) is 10.8 Å². The van der Waals surface area contributed by atoms with Crippen molar-refractivity contribution in [2.75, 3.05) is 12.4 Å². The van der Waals surface area contributed by atoms with Gasteiger partial charge in [-0.1, -0.05) is 18.3 Å². The monoisotopic (exact) mass is 360 g/mol. The lowest BCUT2D eigenvalue weighted by Crippen LogP contribution is -2.12. The average molecular weight is 360 g/mol. The number of hydrogen-bond donors (Lipinski definition) is 1. The number of nitrogens with zero attached hydrogens (tertiary/aromatic N) is 3. The Bertz CT molecular complexity index is 827. The second-order valence-corrected chi connectivity index (χ2v) is 6.89. The van der Waals surface area contributed by atoms with Gasteiger partial charge in [0.2, 0.25) is 5.13 Å². The standard InChI is InChI=1S/C16H16N4O2S2/c1-3-4-13-19-20-16(24-13)18-14(21)12-9-23-15(17-12)10-5-7-11(22-2)8-6-10/h5-9H,3-4H2,1-2H3,(H,18,20,21). The molecule has 0 aliphatic carbocycles. The molecular weight excluding hydrogens is 344 g/mol. The van der Waals surface area contributed by atoms with Crippen LogP contribution in [0.2, 0.25) is 0 Å². The lowest BCUT2D eigenvalue weighted by molar-refractivity contribution is 0.102. The van der Waals surface area contributed by atoms with Crippen LogP contribution >= 0.6 is 22.7 Å². The van der Waals surface area contributed by atoms with E-state index in [4.69, 9.17) is 4.74 Å². The highest BCUT2D eigenvalue weighted by Gasteiger charge is 2.14. The first-order valence-corrected chi connectivity index (χ1v) is 9.13. The molecule has 3 rings (SSSR count). The quantitative estimate of drug-likeness (QED) is 0.722. The van der Waals surface area contributed by atoms with Crippen LogP contribution in [-0.2, 0) is 6.42 Å². The van der Waals surface area contributed by atoms with Crippen molar-refractivity contribution in [3.05, 3.63) is 40.3 Å². The number of carbonyl (C=O) groups excluding carboxylic acids is 1. The normalized spacial score (nSPS) is 10.6. The van der Waals surface area contributed by atoms with E-state index in [1.54, 1.807) is 12.5 Å². The zero-order valence-electron chi connectivity index (χ0n) is 13.3. The molecule has 0 radical (unpaired) electrons. The number of amides is 1. The lowest BCUT2D eigenvalue weighted by atomic mass is 10.2. The van der Waals surface area contributed by atoms with Gasteiger partial charge in [-0.2, -0.15) is 0 Å². The molecule has 2 aromatic heterocycles. The van der Waals surface area contributed by atoms with E-state index in [2.05, 4.69) is 27.4 Å². The van der Waals surface area contributed by atoms with Gasteiger partial charge in [0.1, 0.15) is 21.5 Å². The molecule has 0 bridgehead atoms. The smallest absolute Gasteiger partial charge is 0.276 e. The summed E-state index contributed by atoms with van der Waals surface area (Å²) in [5.41, 5.74) is 1.32. The van der Waals surface area contributed by atoms with E-state index in [0.717, 1.165) is 34.2 Å². The maximum absolute atomic E-state index is 12.3. The van der Waals surface area contributed by atoms with Crippen LogP contribution in [0.25, 0.3) is 10.6 Å². The minimum Gasteiger partial charge on any atom is -0.497 e. The Morgan fingerprint density at radius 1 is 1.25 bits per heavy atom. The first-order chi connectivity index (χ1) is 11.7. The van der Waals surface area contributed by atoms with Gasteiger partial charge in [-0.05, 0) is 30.7 Å². The second-order valence-electron chi connectivity index (χ2n) is 4.97. The molecular formula is C16H16N4O2S2. The van der Waals surface area contributed by atoms with Gasteiger partial charge in [-0.15, -0.1) is 21.5 Å². The molecule has 24 heavy (non-hydrogen) atoms. The molecule has 6 nitrogen and oxygen atoms in total. The van der Waals surface area contributed by atoms with E-state index in [1.165, 1.54) is 22.7 Å². The van der Waals surface area contributed by atoms with Crippen molar-refractivity contribution < 1.29 is 9.53 Å². The van der Waals surface area contributed by atoms with Crippen LogP contribution in [0, 0.1) is 0 Å². The number of thiazole rings is 1. The van der Waals surface area contributed by atoms with Crippen molar-refractivity contribution in [2.45, 2.75) is 19.8 Å². The minimum atomic E-state index is -0.273. The highest BCUT2D eigenvalue weighted by molar-refractivity contribution is 7.15. The van der Waals surface area contributed by atoms with Crippen molar-refractivity contribution >= 4 is 33.7 Å². The predicted molar refractivity (Wildman–Crippen MR) is 96.0 cm³/mol. The fourth-order valence-corrected chi connectivity index (χ4v) is 3.67. The molecule has 3 aromatic rings. The summed E-state index contributed by atoms with van der Waals surface area (Å²) < 4.78 is 5.14. The predicted octanol–water partition coefficient (Wildman–Crippen LogP) is 3.88. The zero-order chi connectivity index (χ0) is 16.9. The minimum absolute atomic E-state index is 0.273. The topological polar surface area (TPSA) is 77.0 Å². The number of hydrogen-bond acceptors (Lipinski definition) is 7. The maximum atomic E-state index is 12.3. The SMILES string of the molecule is CCCc1nnc(NC(=O)c2csc(-c3ccc(OC)cc3)n2)s1. The summed E-state index contributed by atoms with van der Waals surface area (Å²) in [5.74, 6) is 0.512. The number of ether oxygens (including phenoxy) is 1. The van der Waals surface area contributed by atoms with Crippen molar-refractivity contribution in [3.63, 3.8) is 0 Å². The number of aromatic nitrogens is 3. The molecule has 0 saturated carbocycles. The lowest BCUT2D eigenvalue weighted by Gasteiger charge is -2.00. The molecule has 0 aliphatic rings. The summed E-state index contributed by atoms with van der Waals surface area (Å²) in [6, 6.07) is 7.57. The van der Waals surface area contributed by atoms with Gasteiger partial charge in [0.05, 0.1) is 7.11 Å². The Balaban J connectivity index is 1.70. The third-order valence-electron chi connectivity index (χ3n) is 3.22. The number of anilines is 1. The molecule has 0 saturated heterocycles. The van der Waals surface area contributed by atoms with Crippen LogP contribution < -0.4 is 10.1 Å². The summed E-state index contributed by atoms with van der Waals surface area (Å²) in [6.07, 6.45) is 1.87. The Morgan fingerprint density at radius 2 is 2.04 bits per heavy atom. The van der Waals surface area contributed by atoms with E-state index < -0.39 is 0 Å². The van der Waals surface area contributed by atoms with Crippen LogP contribution in [0.3, 0.4) is 0 Å². The second kappa shape index (κ2) is 7.50. The van der Waals surface area contributed by atoms with E-state index in [9.17, 15) is 4.79 Å². The first-order valence-electron chi connectivity index (χ1n) is 7.43. The summed E-state index contributed by atoms with van der Waals surface area (Å²) >= 11 is 2.82. The summed E-state index contributed by atoms with van der Waals surface area (Å²) in [6.45, 7) is 2.08. The zero-order valence-corrected chi connectivity index (χ0v) is 14.9. The third kappa shape index (κ3) is 3.77. The van der Waals surface area contributed by atoms with Gasteiger partial charge in [0.15, 0.2) is 0 Å². The number of methoxy groups -OCH3 is 1. The van der Waals surface area contributed by atoms with Crippen LogP contribution in [0.4, 0.5) is 5.13 Å². The fourth-order valence-electron chi connectivity index (χ4n) is 2.02. The van der Waals surface area contributed by atoms with Gasteiger partial charge in [-0.3, -0.25) is 10.1 Å². The molecule has 0 aliphatic heterocycles. The number of nitrogens with one attached hydrogen (secondary N) is 1. The number of aryl methyl sites for hydroxylation is 1. The molecule has 0 atom stereocenters. The third-order valence-corrected chi connectivity index (χ3v) is 5.01. The van der Waals surface area contributed by atoms with Crippen LogP contribution in [-0.4, -0.2) is 28.2 Å². The Labute approximate surface area is 147 Å². The van der Waals surface area contributed by atoms with Gasteiger partial charge in [0.25, 0.3) is 5.91 Å². The molecule has 2 heterocycles. The Hall–Kier alpha value is -2.32. The molecule has 1 N–H and O–H groups in total. The molecule has 1 amide bonds. The summed E-state index contributed by atoms with van der Waals surface area (Å²) in [4.78, 5) is 16.7. The molecule has 0 fully saturated rings.